The fraction of sp³-hybridized carbons (Fsp3) is 0. The SMILES string of the molecule is c1ccc(-n2ccc3cc4c(cc32)c2ccccc2n4-c2cccc(-n3c4ccccc4c4cc5c(ccn5-c5ccccc5)cc43)n2)cc1. The number of aromatic nitrogens is 5. The summed E-state index contributed by atoms with van der Waals surface area (Å²) < 4.78 is 9.18. The number of benzene rings is 6. The lowest BCUT2D eigenvalue weighted by atomic mass is 10.1. The molecule has 5 aromatic heterocycles. The van der Waals surface area contributed by atoms with Gasteiger partial charge in [-0.25, -0.2) is 4.98 Å². The summed E-state index contributed by atoms with van der Waals surface area (Å²) in [5.74, 6) is 1.77. The number of hydrogen-bond acceptors (Lipinski definition) is 1. The second-order valence-electron chi connectivity index (χ2n) is 13.0. The monoisotopic (exact) mass is 639 g/mol. The minimum absolute atomic E-state index is 0.887. The zero-order valence-electron chi connectivity index (χ0n) is 27.0. The Labute approximate surface area is 287 Å². The zero-order valence-corrected chi connectivity index (χ0v) is 27.0. The summed E-state index contributed by atoms with van der Waals surface area (Å²) in [5.41, 5.74) is 9.23. The molecule has 0 spiro atoms. The van der Waals surface area contributed by atoms with E-state index in [9.17, 15) is 0 Å². The molecule has 0 unspecified atom stereocenters. The highest BCUT2D eigenvalue weighted by atomic mass is 15.1. The highest BCUT2D eigenvalue weighted by molar-refractivity contribution is 6.14. The van der Waals surface area contributed by atoms with Crippen molar-refractivity contribution >= 4 is 65.4 Å². The van der Waals surface area contributed by atoms with Crippen LogP contribution >= 0.6 is 0 Å². The van der Waals surface area contributed by atoms with Crippen LogP contribution in [0.5, 0.6) is 0 Å². The van der Waals surface area contributed by atoms with Crippen molar-refractivity contribution in [3.05, 3.63) is 176 Å². The third kappa shape index (κ3) is 3.86. The third-order valence-corrected chi connectivity index (χ3v) is 10.2. The summed E-state index contributed by atoms with van der Waals surface area (Å²) >= 11 is 0. The van der Waals surface area contributed by atoms with Gasteiger partial charge < -0.3 is 9.13 Å². The minimum Gasteiger partial charge on any atom is -0.317 e. The first kappa shape index (κ1) is 27.1. The molecule has 50 heavy (non-hydrogen) atoms. The van der Waals surface area contributed by atoms with Crippen molar-refractivity contribution in [1.29, 1.82) is 0 Å². The van der Waals surface area contributed by atoms with Crippen molar-refractivity contribution in [3.63, 3.8) is 0 Å². The normalized spacial score (nSPS) is 12.0. The molecule has 0 atom stereocenters. The van der Waals surface area contributed by atoms with E-state index in [0.29, 0.717) is 0 Å². The van der Waals surface area contributed by atoms with Gasteiger partial charge >= 0.3 is 0 Å². The van der Waals surface area contributed by atoms with Crippen LogP contribution in [0, 0.1) is 0 Å². The van der Waals surface area contributed by atoms with Crippen LogP contribution in [-0.2, 0) is 0 Å². The predicted molar refractivity (Wildman–Crippen MR) is 207 cm³/mol. The van der Waals surface area contributed by atoms with E-state index in [2.05, 4.69) is 194 Å². The topological polar surface area (TPSA) is 32.6 Å². The summed E-state index contributed by atoms with van der Waals surface area (Å²) in [4.78, 5) is 5.44. The first-order valence-corrected chi connectivity index (χ1v) is 17.0. The Hall–Kier alpha value is -6.85. The Morgan fingerprint density at radius 2 is 0.760 bits per heavy atom. The molecule has 0 N–H and O–H groups in total. The van der Waals surface area contributed by atoms with Crippen LogP contribution in [-0.4, -0.2) is 23.3 Å². The van der Waals surface area contributed by atoms with Crippen molar-refractivity contribution in [1.82, 2.24) is 23.3 Å². The van der Waals surface area contributed by atoms with Crippen LogP contribution in [0.25, 0.3) is 88.4 Å². The molecule has 5 heterocycles. The molecular formula is C45H29N5. The standard InChI is InChI=1S/C45H29N5/c1-3-12-32(13-4-1)47-24-22-30-26-42-36(28-40(30)47)34-16-7-9-18-38(34)49(42)44-20-11-21-45(46-44)50-39-19-10-8-17-35(39)37-29-41-31(27-43(37)50)23-25-48(41)33-14-5-2-6-15-33/h1-29H. The second kappa shape index (κ2) is 10.3. The molecule has 6 aromatic carbocycles. The Morgan fingerprint density at radius 1 is 0.320 bits per heavy atom. The van der Waals surface area contributed by atoms with Gasteiger partial charge in [-0.05, 0) is 84.9 Å². The molecule has 0 saturated heterocycles. The molecule has 234 valence electrons. The maximum Gasteiger partial charge on any atom is 0.140 e. The first-order chi connectivity index (χ1) is 24.8. The van der Waals surface area contributed by atoms with Crippen LogP contribution in [0.4, 0.5) is 0 Å². The smallest absolute Gasteiger partial charge is 0.140 e. The molecule has 0 saturated carbocycles. The van der Waals surface area contributed by atoms with E-state index < -0.39 is 0 Å². The molecule has 5 nitrogen and oxygen atoms in total. The van der Waals surface area contributed by atoms with Gasteiger partial charge in [0.15, 0.2) is 0 Å². The maximum atomic E-state index is 5.44. The zero-order chi connectivity index (χ0) is 32.8. The average Bonchev–Trinajstić information content (AvgIpc) is 3.94. The molecule has 11 rings (SSSR count). The maximum absolute atomic E-state index is 5.44. The number of rotatable bonds is 4. The average molecular weight is 640 g/mol. The number of hydrogen-bond donors (Lipinski definition) is 0. The van der Waals surface area contributed by atoms with Gasteiger partial charge in [0.2, 0.25) is 0 Å². The lowest BCUT2D eigenvalue weighted by Crippen LogP contribution is -2.03. The van der Waals surface area contributed by atoms with E-state index in [0.717, 1.165) is 45.1 Å². The molecule has 0 amide bonds. The molecule has 0 aliphatic heterocycles. The number of nitrogens with zero attached hydrogens (tertiary/aromatic N) is 5. The van der Waals surface area contributed by atoms with Crippen molar-refractivity contribution in [2.24, 2.45) is 0 Å². The molecule has 11 aromatic rings. The molecule has 0 aliphatic carbocycles. The second-order valence-corrected chi connectivity index (χ2v) is 13.0. The largest absolute Gasteiger partial charge is 0.317 e. The highest BCUT2D eigenvalue weighted by Crippen LogP contribution is 2.38. The van der Waals surface area contributed by atoms with Gasteiger partial charge in [-0.3, -0.25) is 9.13 Å². The van der Waals surface area contributed by atoms with E-state index in [1.165, 1.54) is 43.4 Å². The Bertz CT molecular complexity index is 2880. The van der Waals surface area contributed by atoms with Gasteiger partial charge in [0.05, 0.1) is 33.1 Å². The first-order valence-electron chi connectivity index (χ1n) is 17.0. The van der Waals surface area contributed by atoms with Crippen LogP contribution < -0.4 is 0 Å². The molecular weight excluding hydrogens is 611 g/mol. The molecule has 0 radical (unpaired) electrons. The molecule has 5 heteroatoms. The van der Waals surface area contributed by atoms with E-state index in [1.54, 1.807) is 0 Å². The summed E-state index contributed by atoms with van der Waals surface area (Å²) in [6.07, 6.45) is 4.33. The van der Waals surface area contributed by atoms with E-state index in [-0.39, 0.29) is 0 Å². The van der Waals surface area contributed by atoms with Gasteiger partial charge in [-0.1, -0.05) is 78.9 Å². The quantitative estimate of drug-likeness (QED) is 0.189. The lowest BCUT2D eigenvalue weighted by molar-refractivity contribution is 1.01. The van der Waals surface area contributed by atoms with Gasteiger partial charge in [-0.15, -0.1) is 0 Å². The van der Waals surface area contributed by atoms with Crippen molar-refractivity contribution < 1.29 is 0 Å². The lowest BCUT2D eigenvalue weighted by Gasteiger charge is -2.12. The summed E-state index contributed by atoms with van der Waals surface area (Å²) in [7, 11) is 0. The molecule has 0 aliphatic rings. The van der Waals surface area contributed by atoms with Crippen molar-refractivity contribution in [2.45, 2.75) is 0 Å². The Kier molecular flexibility index (Phi) is 5.60. The fourth-order valence-electron chi connectivity index (χ4n) is 7.98. The van der Waals surface area contributed by atoms with E-state index >= 15 is 0 Å². The molecule has 0 fully saturated rings. The number of para-hydroxylation sites is 4. The van der Waals surface area contributed by atoms with E-state index in [1.807, 2.05) is 0 Å². The van der Waals surface area contributed by atoms with Crippen LogP contribution in [0.1, 0.15) is 0 Å². The Morgan fingerprint density at radius 3 is 1.24 bits per heavy atom. The van der Waals surface area contributed by atoms with Gasteiger partial charge in [-0.2, -0.15) is 0 Å². The van der Waals surface area contributed by atoms with Crippen LogP contribution in [0.3, 0.4) is 0 Å². The predicted octanol–water partition coefficient (Wildman–Crippen LogP) is 11.2. The van der Waals surface area contributed by atoms with Gasteiger partial charge in [0.25, 0.3) is 0 Å². The fourth-order valence-corrected chi connectivity index (χ4v) is 7.98. The van der Waals surface area contributed by atoms with Crippen LogP contribution in [0.2, 0.25) is 0 Å². The summed E-state index contributed by atoms with van der Waals surface area (Å²) in [6, 6.07) is 58.5. The third-order valence-electron chi connectivity index (χ3n) is 10.2. The minimum atomic E-state index is 0.887. The van der Waals surface area contributed by atoms with E-state index in [4.69, 9.17) is 4.98 Å². The van der Waals surface area contributed by atoms with Crippen molar-refractivity contribution in [3.8, 4) is 23.0 Å². The van der Waals surface area contributed by atoms with Gasteiger partial charge in [0, 0.05) is 56.1 Å². The number of fused-ring (bicyclic) bond motifs is 8. The highest BCUT2D eigenvalue weighted by Gasteiger charge is 2.19. The summed E-state index contributed by atoms with van der Waals surface area (Å²) in [6.45, 7) is 0. The Balaban J connectivity index is 1.14. The number of pyridine rings is 1. The summed E-state index contributed by atoms with van der Waals surface area (Å²) in [5, 5.41) is 7.21. The van der Waals surface area contributed by atoms with Crippen LogP contribution in [0.15, 0.2) is 176 Å². The molecule has 0 bridgehead atoms. The van der Waals surface area contributed by atoms with Gasteiger partial charge in [0.1, 0.15) is 11.6 Å². The van der Waals surface area contributed by atoms with Crippen molar-refractivity contribution in [2.75, 3.05) is 0 Å².